The van der Waals surface area contributed by atoms with Gasteiger partial charge in [0.05, 0.1) is 5.69 Å². The number of nitrogens with one attached hydrogen (secondary N) is 1. The lowest BCUT2D eigenvalue weighted by Crippen LogP contribution is -2.13. The Balaban J connectivity index is 2.73. The highest BCUT2D eigenvalue weighted by Crippen LogP contribution is 2.15. The zero-order chi connectivity index (χ0) is 9.68. The largest absolute Gasteiger partial charge is 0.381 e. The Morgan fingerprint density at radius 3 is 2.69 bits per heavy atom. The Labute approximate surface area is 75.7 Å². The summed E-state index contributed by atoms with van der Waals surface area (Å²) in [4.78, 5) is 0. The normalized spacial score (nSPS) is 10.1. The number of hydrogen-bond donors (Lipinski definition) is 2. The smallest absolute Gasteiger partial charge is 0.146 e. The van der Waals surface area contributed by atoms with Gasteiger partial charge in [-0.3, -0.25) is 0 Å². The maximum absolute atomic E-state index is 13.1. The lowest BCUT2D eigenvalue weighted by Gasteiger charge is -2.06. The first-order valence-electron chi connectivity index (χ1n) is 4.06. The Bertz CT molecular complexity index is 276. The van der Waals surface area contributed by atoms with Gasteiger partial charge < -0.3 is 11.1 Å². The minimum absolute atomic E-state index is 0.343. The van der Waals surface area contributed by atoms with E-state index in [0.717, 1.165) is 0 Å². The molecule has 4 heteroatoms. The molecule has 72 valence electrons. The summed E-state index contributed by atoms with van der Waals surface area (Å²) in [7, 11) is 0. The molecule has 0 aromatic heterocycles. The van der Waals surface area contributed by atoms with E-state index in [1.807, 2.05) is 0 Å². The van der Waals surface area contributed by atoms with Crippen LogP contribution in [0.3, 0.4) is 0 Å². The van der Waals surface area contributed by atoms with E-state index in [1.165, 1.54) is 12.1 Å². The van der Waals surface area contributed by atoms with Gasteiger partial charge in [0, 0.05) is 13.1 Å². The summed E-state index contributed by atoms with van der Waals surface area (Å²) in [6.45, 7) is 0.296. The molecule has 0 unspecified atom stereocenters. The molecule has 0 radical (unpaired) electrons. The Hall–Kier alpha value is -1.16. The monoisotopic (exact) mass is 186 g/mol. The van der Waals surface area contributed by atoms with Crippen LogP contribution in [0.2, 0.25) is 0 Å². The molecule has 0 spiro atoms. The molecule has 0 atom stereocenters. The van der Waals surface area contributed by atoms with Crippen molar-refractivity contribution in [2.45, 2.75) is 6.67 Å². The fourth-order valence-electron chi connectivity index (χ4n) is 0.992. The fourth-order valence-corrected chi connectivity index (χ4v) is 0.992. The SMILES string of the molecule is NCCNc1ccc(CF)cc1F. The van der Waals surface area contributed by atoms with Crippen molar-refractivity contribution in [3.63, 3.8) is 0 Å². The van der Waals surface area contributed by atoms with Crippen LogP contribution in [0, 0.1) is 5.82 Å². The van der Waals surface area contributed by atoms with Gasteiger partial charge in [-0.1, -0.05) is 6.07 Å². The van der Waals surface area contributed by atoms with Crippen LogP contribution in [-0.4, -0.2) is 13.1 Å². The molecule has 3 N–H and O–H groups in total. The van der Waals surface area contributed by atoms with Gasteiger partial charge in [0.25, 0.3) is 0 Å². The maximum atomic E-state index is 13.1. The molecule has 0 amide bonds. The summed E-state index contributed by atoms with van der Waals surface area (Å²) in [5.74, 6) is -0.441. The number of nitrogens with two attached hydrogens (primary N) is 1. The van der Waals surface area contributed by atoms with E-state index in [4.69, 9.17) is 5.73 Å². The zero-order valence-corrected chi connectivity index (χ0v) is 7.19. The summed E-state index contributed by atoms with van der Waals surface area (Å²) in [6.07, 6.45) is 0. The molecule has 1 rings (SSSR count). The van der Waals surface area contributed by atoms with Crippen LogP contribution in [0.25, 0.3) is 0 Å². The Morgan fingerprint density at radius 1 is 1.38 bits per heavy atom. The second kappa shape index (κ2) is 4.77. The molecule has 0 aliphatic heterocycles. The van der Waals surface area contributed by atoms with Crippen LogP contribution < -0.4 is 11.1 Å². The highest BCUT2D eigenvalue weighted by atomic mass is 19.1. The summed E-state index contributed by atoms with van der Waals surface area (Å²) >= 11 is 0. The molecule has 0 saturated heterocycles. The van der Waals surface area contributed by atoms with Gasteiger partial charge in [-0.15, -0.1) is 0 Å². The average Bonchev–Trinajstić information content (AvgIpc) is 2.16. The lowest BCUT2D eigenvalue weighted by molar-refractivity contribution is 0.482. The van der Waals surface area contributed by atoms with Crippen LogP contribution in [0.1, 0.15) is 5.56 Å². The number of rotatable bonds is 4. The van der Waals surface area contributed by atoms with Crippen molar-refractivity contribution in [2.24, 2.45) is 5.73 Å². The first kappa shape index (κ1) is 9.92. The molecular formula is C9H12F2N2. The van der Waals surface area contributed by atoms with Crippen LogP contribution in [-0.2, 0) is 6.67 Å². The molecular weight excluding hydrogens is 174 g/mol. The number of halogens is 2. The van der Waals surface area contributed by atoms with E-state index >= 15 is 0 Å². The summed E-state index contributed by atoms with van der Waals surface area (Å²) in [5.41, 5.74) is 5.94. The fraction of sp³-hybridized carbons (Fsp3) is 0.333. The predicted molar refractivity (Wildman–Crippen MR) is 48.8 cm³/mol. The van der Waals surface area contributed by atoms with Crippen molar-refractivity contribution in [3.05, 3.63) is 29.6 Å². The van der Waals surface area contributed by atoms with Gasteiger partial charge in [0.15, 0.2) is 0 Å². The summed E-state index contributed by atoms with van der Waals surface area (Å²) in [6, 6.07) is 4.24. The molecule has 0 bridgehead atoms. The first-order chi connectivity index (χ1) is 6.27. The third-order valence-electron chi connectivity index (χ3n) is 1.65. The highest BCUT2D eigenvalue weighted by Gasteiger charge is 2.01. The van der Waals surface area contributed by atoms with Crippen molar-refractivity contribution in [3.8, 4) is 0 Å². The topological polar surface area (TPSA) is 38.0 Å². The third kappa shape index (κ3) is 2.66. The van der Waals surface area contributed by atoms with Crippen molar-refractivity contribution in [2.75, 3.05) is 18.4 Å². The van der Waals surface area contributed by atoms with Gasteiger partial charge in [0.1, 0.15) is 12.5 Å². The van der Waals surface area contributed by atoms with E-state index in [0.29, 0.717) is 24.3 Å². The third-order valence-corrected chi connectivity index (χ3v) is 1.65. The van der Waals surface area contributed by atoms with E-state index in [1.54, 1.807) is 6.07 Å². The number of alkyl halides is 1. The van der Waals surface area contributed by atoms with E-state index in [2.05, 4.69) is 5.32 Å². The second-order valence-corrected chi connectivity index (χ2v) is 2.66. The van der Waals surface area contributed by atoms with Gasteiger partial charge in [0.2, 0.25) is 0 Å². The zero-order valence-electron chi connectivity index (χ0n) is 7.19. The molecule has 0 saturated carbocycles. The lowest BCUT2D eigenvalue weighted by atomic mass is 10.2. The molecule has 2 nitrogen and oxygen atoms in total. The van der Waals surface area contributed by atoms with Gasteiger partial charge in [-0.25, -0.2) is 8.78 Å². The molecule has 0 aliphatic carbocycles. The molecule has 0 aliphatic rings. The van der Waals surface area contributed by atoms with Crippen LogP contribution in [0.4, 0.5) is 14.5 Å². The average molecular weight is 186 g/mol. The quantitative estimate of drug-likeness (QED) is 0.750. The second-order valence-electron chi connectivity index (χ2n) is 2.66. The highest BCUT2D eigenvalue weighted by molar-refractivity contribution is 5.46. The Morgan fingerprint density at radius 2 is 2.15 bits per heavy atom. The molecule has 0 heterocycles. The minimum Gasteiger partial charge on any atom is -0.381 e. The first-order valence-corrected chi connectivity index (χ1v) is 4.06. The minimum atomic E-state index is -0.645. The van der Waals surface area contributed by atoms with Crippen LogP contribution >= 0.6 is 0 Å². The van der Waals surface area contributed by atoms with Crippen molar-refractivity contribution in [1.29, 1.82) is 0 Å². The van der Waals surface area contributed by atoms with Crippen molar-refractivity contribution in [1.82, 2.24) is 0 Å². The van der Waals surface area contributed by atoms with E-state index in [-0.39, 0.29) is 0 Å². The number of benzene rings is 1. The Kier molecular flexibility index (Phi) is 3.64. The van der Waals surface area contributed by atoms with E-state index < -0.39 is 12.5 Å². The number of anilines is 1. The maximum Gasteiger partial charge on any atom is 0.146 e. The van der Waals surface area contributed by atoms with Crippen LogP contribution in [0.15, 0.2) is 18.2 Å². The van der Waals surface area contributed by atoms with Crippen LogP contribution in [0.5, 0.6) is 0 Å². The predicted octanol–water partition coefficient (Wildman–Crippen LogP) is 1.67. The molecule has 0 fully saturated rings. The summed E-state index contributed by atoms with van der Waals surface area (Å²) < 4.78 is 25.2. The van der Waals surface area contributed by atoms with Crippen molar-refractivity contribution >= 4 is 5.69 Å². The molecule has 1 aromatic rings. The van der Waals surface area contributed by atoms with Crippen molar-refractivity contribution < 1.29 is 8.78 Å². The molecule has 13 heavy (non-hydrogen) atoms. The van der Waals surface area contributed by atoms with Gasteiger partial charge in [-0.2, -0.15) is 0 Å². The van der Waals surface area contributed by atoms with Gasteiger partial charge in [-0.05, 0) is 17.7 Å². The molecule has 1 aromatic carbocycles. The van der Waals surface area contributed by atoms with Gasteiger partial charge >= 0.3 is 0 Å². The number of hydrogen-bond acceptors (Lipinski definition) is 2. The van der Waals surface area contributed by atoms with E-state index in [9.17, 15) is 8.78 Å². The standard InChI is InChI=1S/C9H12F2N2/c10-6-7-1-2-9(8(11)5-7)13-4-3-12/h1-2,5,13H,3-4,6,12H2. The summed E-state index contributed by atoms with van der Waals surface area (Å²) in [5, 5.41) is 2.79.